The summed E-state index contributed by atoms with van der Waals surface area (Å²) in [7, 11) is 0. The van der Waals surface area contributed by atoms with Crippen molar-refractivity contribution in [1.29, 1.82) is 0 Å². The van der Waals surface area contributed by atoms with Crippen molar-refractivity contribution >= 4 is 27.9 Å². The van der Waals surface area contributed by atoms with Gasteiger partial charge in [-0.05, 0) is 74.7 Å². The number of pyridine rings is 1. The van der Waals surface area contributed by atoms with E-state index in [4.69, 9.17) is 18.9 Å². The van der Waals surface area contributed by atoms with E-state index in [1.807, 2.05) is 13.0 Å². The number of nitrogens with zero attached hydrogens (tertiary/aromatic N) is 1. The van der Waals surface area contributed by atoms with Crippen molar-refractivity contribution in [2.45, 2.75) is 60.8 Å². The topological polar surface area (TPSA) is 84.0 Å². The molecule has 0 saturated carbocycles. The summed E-state index contributed by atoms with van der Waals surface area (Å²) in [6.07, 6.45) is 3.09. The molecule has 8 heteroatoms. The predicted molar refractivity (Wildman–Crippen MR) is 135 cm³/mol. The van der Waals surface area contributed by atoms with Gasteiger partial charge in [0, 0.05) is 5.56 Å². The zero-order chi connectivity index (χ0) is 25.3. The van der Waals surface area contributed by atoms with E-state index in [-0.39, 0.29) is 24.3 Å². The average Bonchev–Trinajstić information content (AvgIpc) is 2.77. The Kier molecular flexibility index (Phi) is 10.8. The molecule has 0 bridgehead atoms. The Balaban J connectivity index is 2.78. The monoisotopic (exact) mass is 535 g/mol. The summed E-state index contributed by atoms with van der Waals surface area (Å²) >= 11 is 3.60. The van der Waals surface area contributed by atoms with Gasteiger partial charge in [-0.25, -0.2) is 9.59 Å². The molecule has 0 aliphatic heterocycles. The highest BCUT2D eigenvalue weighted by atomic mass is 79.9. The first kappa shape index (κ1) is 27.6. The Bertz CT molecular complexity index is 979. The number of carbonyl (C=O) groups excluding carboxylic acids is 2. The largest absolute Gasteiger partial charge is 0.490 e. The van der Waals surface area contributed by atoms with Gasteiger partial charge in [0.15, 0.2) is 11.5 Å². The maximum Gasteiger partial charge on any atom is 0.340 e. The second-order valence-electron chi connectivity index (χ2n) is 7.62. The lowest BCUT2D eigenvalue weighted by molar-refractivity contribution is 0.0525. The number of unbranched alkanes of at least 4 members (excludes halogenated alkanes) is 2. The first-order valence-corrected chi connectivity index (χ1v) is 12.5. The van der Waals surface area contributed by atoms with Gasteiger partial charge < -0.3 is 18.9 Å². The summed E-state index contributed by atoms with van der Waals surface area (Å²) < 4.78 is 23.2. The predicted octanol–water partition coefficient (Wildman–Crippen LogP) is 6.45. The molecule has 0 radical (unpaired) electrons. The van der Waals surface area contributed by atoms with Crippen molar-refractivity contribution in [2.24, 2.45) is 0 Å². The Morgan fingerprint density at radius 1 is 0.853 bits per heavy atom. The highest BCUT2D eigenvalue weighted by Gasteiger charge is 2.29. The third-order valence-electron chi connectivity index (χ3n) is 5.11. The van der Waals surface area contributed by atoms with Crippen LogP contribution in [0.4, 0.5) is 0 Å². The van der Waals surface area contributed by atoms with Crippen LogP contribution in [0.25, 0.3) is 11.1 Å². The highest BCUT2D eigenvalue weighted by Crippen LogP contribution is 2.42. The van der Waals surface area contributed by atoms with E-state index in [1.165, 1.54) is 0 Å². The molecular weight excluding hydrogens is 502 g/mol. The molecule has 186 valence electrons. The number of hydrogen-bond donors (Lipinski definition) is 0. The van der Waals surface area contributed by atoms with Gasteiger partial charge in [-0.2, -0.15) is 0 Å². The van der Waals surface area contributed by atoms with Crippen LogP contribution in [0.5, 0.6) is 11.5 Å². The van der Waals surface area contributed by atoms with E-state index in [9.17, 15) is 9.59 Å². The van der Waals surface area contributed by atoms with Crippen molar-refractivity contribution < 1.29 is 28.5 Å². The first-order valence-electron chi connectivity index (χ1n) is 11.7. The van der Waals surface area contributed by atoms with Gasteiger partial charge in [0.2, 0.25) is 0 Å². The maximum absolute atomic E-state index is 13.0. The van der Waals surface area contributed by atoms with Crippen molar-refractivity contribution in [1.82, 2.24) is 4.98 Å². The molecule has 1 aromatic carbocycles. The normalized spacial score (nSPS) is 10.7. The number of carbonyl (C=O) groups is 2. The van der Waals surface area contributed by atoms with Crippen LogP contribution >= 0.6 is 15.9 Å². The summed E-state index contributed by atoms with van der Waals surface area (Å²) in [6.45, 7) is 12.3. The molecule has 2 aromatic rings. The van der Waals surface area contributed by atoms with Gasteiger partial charge >= 0.3 is 11.9 Å². The van der Waals surface area contributed by atoms with Crippen LogP contribution in [-0.4, -0.2) is 43.4 Å². The van der Waals surface area contributed by atoms with Crippen LogP contribution in [0, 0.1) is 13.8 Å². The van der Waals surface area contributed by atoms with Crippen LogP contribution < -0.4 is 9.47 Å². The number of rotatable bonds is 12. The third kappa shape index (κ3) is 6.50. The number of ether oxygens (including phenoxy) is 4. The molecule has 0 N–H and O–H groups in total. The van der Waals surface area contributed by atoms with Gasteiger partial charge in [-0.1, -0.05) is 19.8 Å². The van der Waals surface area contributed by atoms with E-state index in [0.29, 0.717) is 51.7 Å². The molecule has 0 aliphatic carbocycles. The maximum atomic E-state index is 13.0. The van der Waals surface area contributed by atoms with Crippen LogP contribution in [0.15, 0.2) is 16.6 Å². The zero-order valence-corrected chi connectivity index (χ0v) is 22.5. The number of esters is 2. The fourth-order valence-corrected chi connectivity index (χ4v) is 4.24. The summed E-state index contributed by atoms with van der Waals surface area (Å²) in [5.74, 6) is -0.0104. The fraction of sp³-hybridized carbons (Fsp3) is 0.500. The van der Waals surface area contributed by atoms with Crippen molar-refractivity contribution in [2.75, 3.05) is 26.4 Å². The quantitative estimate of drug-likeness (QED) is 0.228. The van der Waals surface area contributed by atoms with Crippen molar-refractivity contribution in [3.05, 3.63) is 39.1 Å². The molecule has 0 atom stereocenters. The SMILES string of the molecule is CCCCCOc1c(Br)cc(-c2c(C(=O)OCC)c(C)nc(C)c2C(=O)OCC)cc1OCC. The number of aryl methyl sites for hydroxylation is 2. The first-order chi connectivity index (χ1) is 16.3. The molecule has 7 nitrogen and oxygen atoms in total. The Morgan fingerprint density at radius 3 is 1.94 bits per heavy atom. The standard InChI is InChI=1S/C26H34BrNO6/c1-7-11-12-13-34-24-19(27)14-18(15-20(24)31-8-2)23-21(25(29)32-9-3)16(5)28-17(6)22(23)26(30)33-10-4/h14-15H,7-13H2,1-6H3. The summed E-state index contributed by atoms with van der Waals surface area (Å²) in [5, 5.41) is 0. The minimum Gasteiger partial charge on any atom is -0.490 e. The molecule has 1 aromatic heterocycles. The lowest BCUT2D eigenvalue weighted by atomic mass is 9.92. The molecule has 0 spiro atoms. The molecule has 0 saturated heterocycles. The Hall–Kier alpha value is -2.61. The summed E-state index contributed by atoms with van der Waals surface area (Å²) in [4.78, 5) is 30.4. The number of aromatic nitrogens is 1. The lowest BCUT2D eigenvalue weighted by Crippen LogP contribution is -2.17. The second kappa shape index (κ2) is 13.3. The van der Waals surface area contributed by atoms with E-state index >= 15 is 0 Å². The minimum absolute atomic E-state index is 0.193. The molecular formula is C26H34BrNO6. The van der Waals surface area contributed by atoms with Gasteiger partial charge in [0.05, 0.1) is 53.4 Å². The lowest BCUT2D eigenvalue weighted by Gasteiger charge is -2.20. The molecule has 0 amide bonds. The Labute approximate surface area is 210 Å². The fourth-order valence-electron chi connectivity index (χ4n) is 3.69. The second-order valence-corrected chi connectivity index (χ2v) is 8.48. The van der Waals surface area contributed by atoms with E-state index < -0.39 is 11.9 Å². The number of benzene rings is 1. The average molecular weight is 536 g/mol. The van der Waals surface area contributed by atoms with Crippen LogP contribution in [0.1, 0.15) is 79.1 Å². The summed E-state index contributed by atoms with van der Waals surface area (Å²) in [6, 6.07) is 3.60. The van der Waals surface area contributed by atoms with Crippen molar-refractivity contribution in [3.8, 4) is 22.6 Å². The van der Waals surface area contributed by atoms with Crippen LogP contribution in [0.3, 0.4) is 0 Å². The smallest absolute Gasteiger partial charge is 0.340 e. The number of hydrogen-bond acceptors (Lipinski definition) is 7. The minimum atomic E-state index is -0.554. The van der Waals surface area contributed by atoms with Gasteiger partial charge in [-0.15, -0.1) is 0 Å². The van der Waals surface area contributed by atoms with Gasteiger partial charge in [-0.3, -0.25) is 4.98 Å². The third-order valence-corrected chi connectivity index (χ3v) is 5.70. The molecule has 1 heterocycles. The highest BCUT2D eigenvalue weighted by molar-refractivity contribution is 9.10. The van der Waals surface area contributed by atoms with Crippen LogP contribution in [-0.2, 0) is 9.47 Å². The van der Waals surface area contributed by atoms with E-state index in [0.717, 1.165) is 19.3 Å². The molecule has 0 fully saturated rings. The van der Waals surface area contributed by atoms with Crippen LogP contribution in [0.2, 0.25) is 0 Å². The summed E-state index contributed by atoms with van der Waals surface area (Å²) in [5.41, 5.74) is 2.38. The molecule has 34 heavy (non-hydrogen) atoms. The van der Waals surface area contributed by atoms with E-state index in [2.05, 4.69) is 27.8 Å². The number of halogens is 1. The van der Waals surface area contributed by atoms with Gasteiger partial charge in [0.1, 0.15) is 0 Å². The van der Waals surface area contributed by atoms with Gasteiger partial charge in [0.25, 0.3) is 0 Å². The zero-order valence-electron chi connectivity index (χ0n) is 20.9. The molecule has 2 rings (SSSR count). The molecule has 0 aliphatic rings. The Morgan fingerprint density at radius 2 is 1.44 bits per heavy atom. The molecule has 0 unspecified atom stereocenters. The van der Waals surface area contributed by atoms with Crippen molar-refractivity contribution in [3.63, 3.8) is 0 Å². The van der Waals surface area contributed by atoms with E-state index in [1.54, 1.807) is 33.8 Å².